The molecule has 3 nitrogen and oxygen atoms in total. The van der Waals surface area contributed by atoms with E-state index in [4.69, 9.17) is 9.47 Å². The van der Waals surface area contributed by atoms with E-state index in [0.717, 1.165) is 19.8 Å². The molecule has 0 radical (unpaired) electrons. The number of hydrogen-bond acceptors (Lipinski definition) is 4. The Labute approximate surface area is 137 Å². The Bertz CT molecular complexity index is 610. The van der Waals surface area contributed by atoms with Crippen molar-refractivity contribution in [3.63, 3.8) is 0 Å². The van der Waals surface area contributed by atoms with Gasteiger partial charge in [0.25, 0.3) is 0 Å². The number of halogens is 1. The van der Waals surface area contributed by atoms with Crippen LogP contribution in [0.3, 0.4) is 0 Å². The van der Waals surface area contributed by atoms with Crippen LogP contribution in [-0.4, -0.2) is 18.3 Å². The van der Waals surface area contributed by atoms with E-state index in [2.05, 4.69) is 15.9 Å². The Balaban J connectivity index is 2.35. The Morgan fingerprint density at radius 2 is 1.81 bits per heavy atom. The van der Waals surface area contributed by atoms with E-state index in [-0.39, 0.29) is 0 Å². The molecule has 0 bridgehead atoms. The summed E-state index contributed by atoms with van der Waals surface area (Å²) >= 11 is 5.08. The van der Waals surface area contributed by atoms with Crippen LogP contribution in [0.15, 0.2) is 28.7 Å². The van der Waals surface area contributed by atoms with E-state index in [0.29, 0.717) is 24.7 Å². The van der Waals surface area contributed by atoms with Crippen LogP contribution in [0.4, 0.5) is 0 Å². The summed E-state index contributed by atoms with van der Waals surface area (Å²) in [6, 6.07) is 7.59. The van der Waals surface area contributed by atoms with Crippen LogP contribution in [0.5, 0.6) is 11.5 Å². The lowest BCUT2D eigenvalue weighted by molar-refractivity contribution is 0.222. The molecule has 0 aliphatic carbocycles. The minimum absolute atomic E-state index is 0.557. The highest BCUT2D eigenvalue weighted by Gasteiger charge is 2.18. The summed E-state index contributed by atoms with van der Waals surface area (Å²) in [5.74, 6) is 1.37. The van der Waals surface area contributed by atoms with E-state index >= 15 is 0 Å². The maximum atomic E-state index is 10.6. The zero-order valence-corrected chi connectivity index (χ0v) is 14.8. The normalized spacial score (nSPS) is 12.2. The molecule has 0 spiro atoms. The number of aryl methyl sites for hydroxylation is 1. The van der Waals surface area contributed by atoms with Crippen molar-refractivity contribution in [1.82, 2.24) is 0 Å². The van der Waals surface area contributed by atoms with Gasteiger partial charge in [-0.05, 0) is 60.5 Å². The van der Waals surface area contributed by atoms with Crippen molar-refractivity contribution in [2.75, 3.05) is 13.2 Å². The maximum absolute atomic E-state index is 10.6. The molecule has 0 aliphatic heterocycles. The molecular weight excluding hydrogens is 352 g/mol. The summed E-state index contributed by atoms with van der Waals surface area (Å²) in [5, 5.41) is 10.6. The zero-order valence-electron chi connectivity index (χ0n) is 12.4. The first-order valence-corrected chi connectivity index (χ1v) is 8.51. The average molecular weight is 371 g/mol. The summed E-state index contributed by atoms with van der Waals surface area (Å²) < 4.78 is 12.1. The van der Waals surface area contributed by atoms with Gasteiger partial charge in [0, 0.05) is 9.35 Å². The van der Waals surface area contributed by atoms with Crippen molar-refractivity contribution < 1.29 is 14.6 Å². The summed E-state index contributed by atoms with van der Waals surface area (Å²) in [6.45, 7) is 7.02. The second-order valence-corrected chi connectivity index (χ2v) is 6.69. The van der Waals surface area contributed by atoms with Crippen LogP contribution in [0.1, 0.15) is 35.3 Å². The standard InChI is InChI=1S/C16H19BrO3S/c1-4-19-13-7-6-11(9-14(13)20-5-2)15(18)16-12(17)8-10(3)21-16/h6-9,15,18H,4-5H2,1-3H3. The van der Waals surface area contributed by atoms with Gasteiger partial charge in [0.15, 0.2) is 11.5 Å². The zero-order chi connectivity index (χ0) is 15.4. The molecule has 2 aromatic rings. The van der Waals surface area contributed by atoms with E-state index in [9.17, 15) is 5.11 Å². The van der Waals surface area contributed by atoms with Gasteiger partial charge in [0.05, 0.1) is 18.1 Å². The first kappa shape index (κ1) is 16.3. The molecule has 114 valence electrons. The van der Waals surface area contributed by atoms with Gasteiger partial charge >= 0.3 is 0 Å². The largest absolute Gasteiger partial charge is 0.490 e. The minimum atomic E-state index is -0.673. The molecule has 5 heteroatoms. The van der Waals surface area contributed by atoms with Crippen LogP contribution < -0.4 is 9.47 Å². The van der Waals surface area contributed by atoms with Crippen LogP contribution in [0.25, 0.3) is 0 Å². The molecule has 1 unspecified atom stereocenters. The molecule has 1 atom stereocenters. The molecule has 0 saturated carbocycles. The maximum Gasteiger partial charge on any atom is 0.161 e. The van der Waals surface area contributed by atoms with Crippen LogP contribution in [0, 0.1) is 6.92 Å². The van der Waals surface area contributed by atoms with Crippen molar-refractivity contribution in [1.29, 1.82) is 0 Å². The fraction of sp³-hybridized carbons (Fsp3) is 0.375. The molecule has 2 rings (SSSR count). The lowest BCUT2D eigenvalue weighted by atomic mass is 10.1. The van der Waals surface area contributed by atoms with Crippen molar-refractivity contribution in [2.45, 2.75) is 26.9 Å². The Hall–Kier alpha value is -1.04. The van der Waals surface area contributed by atoms with Gasteiger partial charge in [-0.15, -0.1) is 11.3 Å². The molecule has 0 saturated heterocycles. The van der Waals surface area contributed by atoms with Gasteiger partial charge in [0.2, 0.25) is 0 Å². The number of thiophene rings is 1. The number of ether oxygens (including phenoxy) is 2. The topological polar surface area (TPSA) is 38.7 Å². The minimum Gasteiger partial charge on any atom is -0.490 e. The Kier molecular flexibility index (Phi) is 5.67. The molecular formula is C16H19BrO3S. The first-order chi connectivity index (χ1) is 10.1. The first-order valence-electron chi connectivity index (χ1n) is 6.90. The number of benzene rings is 1. The summed E-state index contributed by atoms with van der Waals surface area (Å²) in [6.07, 6.45) is -0.673. The van der Waals surface area contributed by atoms with Crippen molar-refractivity contribution >= 4 is 27.3 Å². The average Bonchev–Trinajstić information content (AvgIpc) is 2.79. The quantitative estimate of drug-likeness (QED) is 0.800. The fourth-order valence-electron chi connectivity index (χ4n) is 2.08. The highest BCUT2D eigenvalue weighted by atomic mass is 79.9. The lowest BCUT2D eigenvalue weighted by Gasteiger charge is -2.15. The lowest BCUT2D eigenvalue weighted by Crippen LogP contribution is -2.02. The van der Waals surface area contributed by atoms with Gasteiger partial charge in [-0.25, -0.2) is 0 Å². The Morgan fingerprint density at radius 1 is 1.14 bits per heavy atom. The third-order valence-corrected chi connectivity index (χ3v) is 4.99. The number of hydrogen-bond donors (Lipinski definition) is 1. The molecule has 0 aliphatic rings. The summed E-state index contributed by atoms with van der Waals surface area (Å²) in [5.41, 5.74) is 0.796. The molecule has 1 heterocycles. The molecule has 1 aromatic heterocycles. The van der Waals surface area contributed by atoms with Crippen molar-refractivity contribution in [3.05, 3.63) is 44.1 Å². The van der Waals surface area contributed by atoms with Crippen molar-refractivity contribution in [2.24, 2.45) is 0 Å². The van der Waals surface area contributed by atoms with Crippen LogP contribution >= 0.6 is 27.3 Å². The van der Waals surface area contributed by atoms with Gasteiger partial charge in [-0.1, -0.05) is 6.07 Å². The van der Waals surface area contributed by atoms with Gasteiger partial charge in [-0.2, -0.15) is 0 Å². The monoisotopic (exact) mass is 370 g/mol. The molecule has 21 heavy (non-hydrogen) atoms. The highest BCUT2D eigenvalue weighted by Crippen LogP contribution is 2.38. The molecule has 0 amide bonds. The molecule has 1 N–H and O–H groups in total. The second-order valence-electron chi connectivity index (χ2n) is 4.54. The van der Waals surface area contributed by atoms with Gasteiger partial charge in [0.1, 0.15) is 6.10 Å². The summed E-state index contributed by atoms with van der Waals surface area (Å²) in [7, 11) is 0. The molecule has 1 aromatic carbocycles. The Morgan fingerprint density at radius 3 is 2.38 bits per heavy atom. The SMILES string of the molecule is CCOc1ccc(C(O)c2sc(C)cc2Br)cc1OCC. The second kappa shape index (κ2) is 7.29. The number of aliphatic hydroxyl groups is 1. The highest BCUT2D eigenvalue weighted by molar-refractivity contribution is 9.10. The smallest absolute Gasteiger partial charge is 0.161 e. The van der Waals surface area contributed by atoms with E-state index in [1.165, 1.54) is 0 Å². The number of aliphatic hydroxyl groups excluding tert-OH is 1. The third-order valence-electron chi connectivity index (χ3n) is 2.97. The van der Waals surface area contributed by atoms with Gasteiger partial charge < -0.3 is 14.6 Å². The van der Waals surface area contributed by atoms with Gasteiger partial charge in [-0.3, -0.25) is 0 Å². The number of rotatable bonds is 6. The van der Waals surface area contributed by atoms with E-state index in [1.807, 2.05) is 45.0 Å². The third kappa shape index (κ3) is 3.78. The predicted molar refractivity (Wildman–Crippen MR) is 89.6 cm³/mol. The van der Waals surface area contributed by atoms with Crippen molar-refractivity contribution in [3.8, 4) is 11.5 Å². The predicted octanol–water partition coefficient (Wildman–Crippen LogP) is 4.70. The van der Waals surface area contributed by atoms with Crippen LogP contribution in [0.2, 0.25) is 0 Å². The van der Waals surface area contributed by atoms with E-state index < -0.39 is 6.10 Å². The van der Waals surface area contributed by atoms with E-state index in [1.54, 1.807) is 11.3 Å². The fourth-order valence-corrected chi connectivity index (χ4v) is 3.96. The molecule has 0 fully saturated rings. The van der Waals surface area contributed by atoms with Crippen LogP contribution in [-0.2, 0) is 0 Å². The summed E-state index contributed by atoms with van der Waals surface area (Å²) in [4.78, 5) is 2.06.